The molecule has 22 heavy (non-hydrogen) atoms. The summed E-state index contributed by atoms with van der Waals surface area (Å²) in [6, 6.07) is 1.94. The van der Waals surface area contributed by atoms with Gasteiger partial charge in [-0.05, 0) is 11.0 Å². The zero-order valence-electron chi connectivity index (χ0n) is 10.6. The van der Waals surface area contributed by atoms with Crippen LogP contribution >= 0.6 is 0 Å². The van der Waals surface area contributed by atoms with Crippen LogP contribution in [0.15, 0.2) is 24.5 Å². The third kappa shape index (κ3) is 2.23. The van der Waals surface area contributed by atoms with Gasteiger partial charge in [0.15, 0.2) is 5.82 Å². The monoisotopic (exact) mass is 317 g/mol. The van der Waals surface area contributed by atoms with Crippen LogP contribution in [0.3, 0.4) is 0 Å². The molecule has 2 aromatic heterocycles. The van der Waals surface area contributed by atoms with Gasteiger partial charge in [0.2, 0.25) is 5.79 Å². The maximum atomic E-state index is 14.9. The van der Waals surface area contributed by atoms with Crippen LogP contribution in [-0.2, 0) is 5.79 Å². The number of aromatic nitrogens is 3. The lowest BCUT2D eigenvalue weighted by Gasteiger charge is -2.32. The molecule has 0 aromatic carbocycles. The van der Waals surface area contributed by atoms with Gasteiger partial charge in [0.25, 0.3) is 0 Å². The molecule has 1 aliphatic rings. The number of hydrogen-bond donors (Lipinski definition) is 1. The fraction of sp³-hybridized carbons (Fsp3) is 0.273. The van der Waals surface area contributed by atoms with E-state index in [1.54, 1.807) is 0 Å². The number of nitro groups is 1. The Bertz CT molecular complexity index is 759. The Morgan fingerprint density at radius 2 is 2.18 bits per heavy atom. The summed E-state index contributed by atoms with van der Waals surface area (Å²) in [4.78, 5) is 13.6. The van der Waals surface area contributed by atoms with Crippen molar-refractivity contribution < 1.29 is 22.5 Å². The summed E-state index contributed by atoms with van der Waals surface area (Å²) < 4.78 is 53.8. The van der Waals surface area contributed by atoms with Crippen molar-refractivity contribution in [2.24, 2.45) is 0 Å². The third-order valence-corrected chi connectivity index (χ3v) is 3.11. The van der Waals surface area contributed by atoms with E-state index in [-0.39, 0.29) is 17.1 Å². The average molecular weight is 317 g/mol. The Morgan fingerprint density at radius 1 is 1.45 bits per heavy atom. The molecule has 7 nitrogen and oxygen atoms in total. The number of nitrogens with one attached hydrogen (secondary N) is 1. The summed E-state index contributed by atoms with van der Waals surface area (Å²) in [7, 11) is 0. The highest BCUT2D eigenvalue weighted by atomic mass is 19.4. The van der Waals surface area contributed by atoms with Crippen molar-refractivity contribution in [2.45, 2.75) is 18.4 Å². The molecule has 1 N–H and O–H groups in total. The van der Waals surface area contributed by atoms with Crippen molar-refractivity contribution in [3.05, 3.63) is 40.2 Å². The largest absolute Gasteiger partial charge is 0.394 e. The fourth-order valence-electron chi connectivity index (χ4n) is 2.31. The minimum Gasteiger partial charge on any atom is -0.358 e. The summed E-state index contributed by atoms with van der Waals surface area (Å²) in [5.41, 5.74) is -0.429. The SMILES string of the molecule is O=[N+]([O-])c1cc2n(n1)-c1cnccc1C(F)(CC(F)(F)F)N2. The highest BCUT2D eigenvalue weighted by Crippen LogP contribution is 2.44. The van der Waals surface area contributed by atoms with Crippen LogP contribution in [0.4, 0.5) is 29.2 Å². The molecular formula is C11H7F4N5O2. The van der Waals surface area contributed by atoms with Gasteiger partial charge < -0.3 is 15.4 Å². The molecule has 116 valence electrons. The second-order valence-corrected chi connectivity index (χ2v) is 4.67. The molecule has 1 aliphatic heterocycles. The second-order valence-electron chi connectivity index (χ2n) is 4.67. The number of nitrogens with zero attached hydrogens (tertiary/aromatic N) is 4. The number of halogens is 4. The van der Waals surface area contributed by atoms with Crippen LogP contribution in [0.2, 0.25) is 0 Å². The van der Waals surface area contributed by atoms with Crippen LogP contribution in [0, 0.1) is 10.1 Å². The van der Waals surface area contributed by atoms with Crippen molar-refractivity contribution in [3.63, 3.8) is 0 Å². The van der Waals surface area contributed by atoms with Crippen LogP contribution in [0.1, 0.15) is 12.0 Å². The first-order chi connectivity index (χ1) is 10.2. The molecule has 0 aliphatic carbocycles. The van der Waals surface area contributed by atoms with Gasteiger partial charge in [-0.2, -0.15) is 13.2 Å². The Labute approximate surface area is 119 Å². The molecule has 0 amide bonds. The molecule has 0 radical (unpaired) electrons. The highest BCUT2D eigenvalue weighted by Gasteiger charge is 2.49. The van der Waals surface area contributed by atoms with E-state index in [1.165, 1.54) is 0 Å². The quantitative estimate of drug-likeness (QED) is 0.398. The topological polar surface area (TPSA) is 85.9 Å². The van der Waals surface area contributed by atoms with Gasteiger partial charge in [0, 0.05) is 11.8 Å². The van der Waals surface area contributed by atoms with Gasteiger partial charge in [-0.3, -0.25) is 4.98 Å². The van der Waals surface area contributed by atoms with E-state index in [9.17, 15) is 27.7 Å². The van der Waals surface area contributed by atoms with Gasteiger partial charge in [0.1, 0.15) is 12.1 Å². The lowest BCUT2D eigenvalue weighted by molar-refractivity contribution is -0.389. The van der Waals surface area contributed by atoms with Crippen LogP contribution in [-0.4, -0.2) is 25.9 Å². The van der Waals surface area contributed by atoms with Gasteiger partial charge in [-0.25, -0.2) is 4.39 Å². The van der Waals surface area contributed by atoms with E-state index in [0.717, 1.165) is 29.2 Å². The number of pyridine rings is 1. The van der Waals surface area contributed by atoms with Crippen molar-refractivity contribution in [1.82, 2.24) is 14.8 Å². The standard InChI is InChI=1S/C11H7F4N5O2/c12-10(5-11(13,14)15)6-1-2-16-4-7(6)19-8(17-10)3-9(18-19)20(21)22/h1-4,17H,5H2. The molecule has 0 bridgehead atoms. The lowest BCUT2D eigenvalue weighted by Crippen LogP contribution is -2.40. The second kappa shape index (κ2) is 4.39. The molecule has 11 heteroatoms. The minimum atomic E-state index is -4.78. The number of anilines is 1. The smallest absolute Gasteiger partial charge is 0.358 e. The van der Waals surface area contributed by atoms with Crippen molar-refractivity contribution in [2.75, 3.05) is 5.32 Å². The van der Waals surface area contributed by atoms with E-state index in [1.807, 2.05) is 5.32 Å². The van der Waals surface area contributed by atoms with Crippen molar-refractivity contribution in [3.8, 4) is 5.69 Å². The van der Waals surface area contributed by atoms with Crippen LogP contribution in [0.5, 0.6) is 0 Å². The molecule has 0 saturated carbocycles. The number of hydrogen-bond acceptors (Lipinski definition) is 5. The van der Waals surface area contributed by atoms with Gasteiger partial charge in [0.05, 0.1) is 17.4 Å². The number of alkyl halides is 4. The molecule has 3 heterocycles. The minimum absolute atomic E-state index is 0.0869. The zero-order chi connectivity index (χ0) is 16.1. The Hall–Kier alpha value is -2.72. The lowest BCUT2D eigenvalue weighted by atomic mass is 9.98. The first-order valence-electron chi connectivity index (χ1n) is 5.93. The Kier molecular flexibility index (Phi) is 2.84. The molecule has 1 atom stereocenters. The predicted octanol–water partition coefficient (Wildman–Crippen LogP) is 2.68. The van der Waals surface area contributed by atoms with Gasteiger partial charge in [-0.1, -0.05) is 0 Å². The van der Waals surface area contributed by atoms with Crippen molar-refractivity contribution in [1.29, 1.82) is 0 Å². The highest BCUT2D eigenvalue weighted by molar-refractivity contribution is 5.59. The van der Waals surface area contributed by atoms with E-state index < -0.39 is 29.1 Å². The van der Waals surface area contributed by atoms with E-state index in [0.29, 0.717) is 0 Å². The Balaban J connectivity index is 2.17. The van der Waals surface area contributed by atoms with E-state index >= 15 is 0 Å². The normalized spacial score (nSPS) is 20.0. The maximum absolute atomic E-state index is 14.9. The summed E-state index contributed by atoms with van der Waals surface area (Å²) in [5, 5.41) is 16.4. The maximum Gasteiger partial charge on any atom is 0.394 e. The van der Waals surface area contributed by atoms with E-state index in [2.05, 4.69) is 10.1 Å². The molecular weight excluding hydrogens is 310 g/mol. The number of fused-ring (bicyclic) bond motifs is 3. The van der Waals surface area contributed by atoms with Crippen molar-refractivity contribution >= 4 is 11.6 Å². The molecule has 1 unspecified atom stereocenters. The first-order valence-corrected chi connectivity index (χ1v) is 5.93. The summed E-state index contributed by atoms with van der Waals surface area (Å²) in [6.07, 6.45) is -4.35. The zero-order valence-corrected chi connectivity index (χ0v) is 10.6. The van der Waals surface area contributed by atoms with Crippen LogP contribution in [0.25, 0.3) is 5.69 Å². The molecule has 0 spiro atoms. The predicted molar refractivity (Wildman–Crippen MR) is 65.1 cm³/mol. The fourth-order valence-corrected chi connectivity index (χ4v) is 2.31. The van der Waals surface area contributed by atoms with Gasteiger partial charge >= 0.3 is 12.0 Å². The molecule has 3 rings (SSSR count). The molecule has 0 saturated heterocycles. The Morgan fingerprint density at radius 3 is 2.82 bits per heavy atom. The first kappa shape index (κ1) is 14.2. The van der Waals surface area contributed by atoms with Gasteiger partial charge in [-0.15, -0.1) is 4.68 Å². The average Bonchev–Trinajstić information content (AvgIpc) is 2.80. The third-order valence-electron chi connectivity index (χ3n) is 3.11. The van der Waals surface area contributed by atoms with Crippen LogP contribution < -0.4 is 5.32 Å². The number of rotatable bonds is 2. The summed E-state index contributed by atoms with van der Waals surface area (Å²) >= 11 is 0. The molecule has 2 aromatic rings. The van der Waals surface area contributed by atoms with E-state index in [4.69, 9.17) is 0 Å². The molecule has 0 fully saturated rings. The summed E-state index contributed by atoms with van der Waals surface area (Å²) in [5.74, 6) is -3.83. The summed E-state index contributed by atoms with van der Waals surface area (Å²) in [6.45, 7) is 0.